The summed E-state index contributed by atoms with van der Waals surface area (Å²) in [5.74, 6) is 1.97. The number of para-hydroxylation sites is 2. The molecule has 0 saturated heterocycles. The maximum atomic E-state index is 6.36. The molecule has 9 aromatic carbocycles. The standard InChI is InChI=1S/C49H29N3O/c1-3-10-34(11-4-1)47-50-48(35-12-5-2-6-13-35)52-49(51-47)42-29-25-33-23-27-39-36(26-22-32-24-28-40(42)45(33)44(32)39)30-18-20-31(21-19-30)37-15-9-16-41-38-14-7-8-17-43(38)53-46(37)41/h1-29H. The first-order valence-corrected chi connectivity index (χ1v) is 17.9. The molecule has 246 valence electrons. The van der Waals surface area contributed by atoms with Crippen molar-refractivity contribution in [3.63, 3.8) is 0 Å². The highest BCUT2D eigenvalue weighted by Crippen LogP contribution is 2.43. The summed E-state index contributed by atoms with van der Waals surface area (Å²) in [6.45, 7) is 0. The van der Waals surface area contributed by atoms with Gasteiger partial charge in [0.2, 0.25) is 0 Å². The fraction of sp³-hybridized carbons (Fsp3) is 0. The van der Waals surface area contributed by atoms with E-state index < -0.39 is 0 Å². The molecule has 0 spiro atoms. The summed E-state index contributed by atoms with van der Waals surface area (Å²) < 4.78 is 6.36. The van der Waals surface area contributed by atoms with Crippen molar-refractivity contribution in [1.82, 2.24) is 15.0 Å². The van der Waals surface area contributed by atoms with E-state index in [0.29, 0.717) is 17.5 Å². The van der Waals surface area contributed by atoms with Crippen LogP contribution in [0, 0.1) is 0 Å². The summed E-state index contributed by atoms with van der Waals surface area (Å²) in [4.78, 5) is 15.1. The predicted octanol–water partition coefficient (Wildman–Crippen LogP) is 13.0. The van der Waals surface area contributed by atoms with Gasteiger partial charge in [0, 0.05) is 33.0 Å². The molecule has 4 nitrogen and oxygen atoms in total. The van der Waals surface area contributed by atoms with Gasteiger partial charge in [0.1, 0.15) is 11.2 Å². The van der Waals surface area contributed by atoms with Crippen molar-refractivity contribution in [2.45, 2.75) is 0 Å². The van der Waals surface area contributed by atoms with Crippen molar-refractivity contribution in [2.24, 2.45) is 0 Å². The summed E-state index contributed by atoms with van der Waals surface area (Å²) in [7, 11) is 0. The molecule has 0 aliphatic heterocycles. The molecular formula is C49H29N3O. The lowest BCUT2D eigenvalue weighted by atomic mass is 9.88. The van der Waals surface area contributed by atoms with Crippen LogP contribution in [0.4, 0.5) is 0 Å². The average molecular weight is 676 g/mol. The molecular weight excluding hydrogens is 647 g/mol. The van der Waals surface area contributed by atoms with E-state index in [1.165, 1.54) is 38.1 Å². The van der Waals surface area contributed by atoms with Crippen molar-refractivity contribution in [2.75, 3.05) is 0 Å². The molecule has 2 aromatic heterocycles. The Labute approximate surface area is 305 Å². The Bertz CT molecular complexity index is 3090. The maximum Gasteiger partial charge on any atom is 0.164 e. The average Bonchev–Trinajstić information content (AvgIpc) is 3.62. The molecule has 11 aromatic rings. The monoisotopic (exact) mass is 675 g/mol. The highest BCUT2D eigenvalue weighted by Gasteiger charge is 2.19. The Morgan fingerprint density at radius 3 is 1.47 bits per heavy atom. The third-order valence-electron chi connectivity index (χ3n) is 10.5. The second-order valence-electron chi connectivity index (χ2n) is 13.5. The lowest BCUT2D eigenvalue weighted by molar-refractivity contribution is 0.670. The quantitative estimate of drug-likeness (QED) is 0.170. The van der Waals surface area contributed by atoms with Crippen LogP contribution in [0.3, 0.4) is 0 Å². The van der Waals surface area contributed by atoms with Gasteiger partial charge in [0.15, 0.2) is 17.5 Å². The summed E-state index contributed by atoms with van der Waals surface area (Å²) in [5.41, 5.74) is 9.31. The second kappa shape index (κ2) is 11.7. The van der Waals surface area contributed by atoms with E-state index in [9.17, 15) is 0 Å². The van der Waals surface area contributed by atoms with Gasteiger partial charge < -0.3 is 4.42 Å². The van der Waals surface area contributed by atoms with Gasteiger partial charge in [-0.15, -0.1) is 0 Å². The van der Waals surface area contributed by atoms with Gasteiger partial charge in [0.25, 0.3) is 0 Å². The van der Waals surface area contributed by atoms with Crippen molar-refractivity contribution >= 4 is 54.3 Å². The van der Waals surface area contributed by atoms with Crippen LogP contribution >= 0.6 is 0 Å². The zero-order valence-corrected chi connectivity index (χ0v) is 28.5. The fourth-order valence-electron chi connectivity index (χ4n) is 7.98. The molecule has 0 saturated carbocycles. The summed E-state index contributed by atoms with van der Waals surface area (Å²) in [5, 5.41) is 9.48. The summed E-state index contributed by atoms with van der Waals surface area (Å²) >= 11 is 0. The molecule has 0 unspecified atom stereocenters. The Morgan fingerprint density at radius 2 is 0.811 bits per heavy atom. The summed E-state index contributed by atoms with van der Waals surface area (Å²) in [6, 6.07) is 61.6. The van der Waals surface area contributed by atoms with E-state index in [0.717, 1.165) is 55.1 Å². The number of fused-ring (bicyclic) bond motifs is 3. The molecule has 0 atom stereocenters. The molecule has 0 aliphatic rings. The molecule has 0 fully saturated rings. The topological polar surface area (TPSA) is 51.8 Å². The number of furan rings is 1. The molecule has 4 heteroatoms. The first kappa shape index (κ1) is 29.5. The van der Waals surface area contributed by atoms with E-state index in [4.69, 9.17) is 19.4 Å². The van der Waals surface area contributed by atoms with Crippen LogP contribution in [-0.4, -0.2) is 15.0 Å². The van der Waals surface area contributed by atoms with Gasteiger partial charge in [-0.3, -0.25) is 0 Å². The zero-order valence-electron chi connectivity index (χ0n) is 28.5. The highest BCUT2D eigenvalue weighted by molar-refractivity contribution is 6.27. The molecule has 0 amide bonds. The minimum Gasteiger partial charge on any atom is -0.455 e. The SMILES string of the molecule is c1ccc(-c2nc(-c3ccccc3)nc(-c3ccc4ccc5c(-c6ccc(-c7cccc8c7oc7ccccc78)cc6)ccc6ccc3c4c65)n2)cc1. The number of benzene rings is 9. The van der Waals surface area contributed by atoms with Gasteiger partial charge in [0.05, 0.1) is 0 Å². The molecule has 2 heterocycles. The van der Waals surface area contributed by atoms with Gasteiger partial charge >= 0.3 is 0 Å². The smallest absolute Gasteiger partial charge is 0.164 e. The molecule has 0 N–H and O–H groups in total. The second-order valence-corrected chi connectivity index (χ2v) is 13.5. The van der Waals surface area contributed by atoms with Crippen LogP contribution in [-0.2, 0) is 0 Å². The van der Waals surface area contributed by atoms with Crippen molar-refractivity contribution in [3.05, 3.63) is 176 Å². The maximum absolute atomic E-state index is 6.36. The summed E-state index contributed by atoms with van der Waals surface area (Å²) in [6.07, 6.45) is 0. The third-order valence-corrected chi connectivity index (χ3v) is 10.5. The van der Waals surface area contributed by atoms with Crippen LogP contribution in [0.25, 0.3) is 111 Å². The van der Waals surface area contributed by atoms with Gasteiger partial charge in [-0.1, -0.05) is 164 Å². The van der Waals surface area contributed by atoms with Gasteiger partial charge in [-0.05, 0) is 61.1 Å². The van der Waals surface area contributed by atoms with Crippen LogP contribution in [0.5, 0.6) is 0 Å². The lowest BCUT2D eigenvalue weighted by Gasteiger charge is -2.16. The Balaban J connectivity index is 1.06. The lowest BCUT2D eigenvalue weighted by Crippen LogP contribution is -2.00. The predicted molar refractivity (Wildman–Crippen MR) is 218 cm³/mol. The Kier molecular flexibility index (Phi) is 6.52. The van der Waals surface area contributed by atoms with Crippen LogP contribution in [0.1, 0.15) is 0 Å². The van der Waals surface area contributed by atoms with Crippen LogP contribution in [0.15, 0.2) is 180 Å². The van der Waals surface area contributed by atoms with E-state index in [2.05, 4.69) is 103 Å². The van der Waals surface area contributed by atoms with E-state index in [1.807, 2.05) is 72.8 Å². The van der Waals surface area contributed by atoms with E-state index in [-0.39, 0.29) is 0 Å². The zero-order chi connectivity index (χ0) is 34.9. The largest absolute Gasteiger partial charge is 0.455 e. The minimum atomic E-state index is 0.655. The van der Waals surface area contributed by atoms with Crippen molar-refractivity contribution in [1.29, 1.82) is 0 Å². The molecule has 0 radical (unpaired) electrons. The Morgan fingerprint density at radius 1 is 0.302 bits per heavy atom. The molecule has 0 bridgehead atoms. The number of nitrogens with zero attached hydrogens (tertiary/aromatic N) is 3. The highest BCUT2D eigenvalue weighted by atomic mass is 16.3. The Hall–Kier alpha value is -7.17. The first-order chi connectivity index (χ1) is 26.3. The minimum absolute atomic E-state index is 0.655. The van der Waals surface area contributed by atoms with Gasteiger partial charge in [-0.25, -0.2) is 15.0 Å². The molecule has 11 rings (SSSR count). The molecule has 53 heavy (non-hydrogen) atoms. The van der Waals surface area contributed by atoms with Crippen LogP contribution in [0.2, 0.25) is 0 Å². The van der Waals surface area contributed by atoms with Crippen molar-refractivity contribution in [3.8, 4) is 56.4 Å². The van der Waals surface area contributed by atoms with E-state index in [1.54, 1.807) is 0 Å². The number of aromatic nitrogens is 3. The number of hydrogen-bond acceptors (Lipinski definition) is 4. The molecule has 0 aliphatic carbocycles. The van der Waals surface area contributed by atoms with Crippen molar-refractivity contribution < 1.29 is 4.42 Å². The normalized spacial score (nSPS) is 11.8. The third kappa shape index (κ3) is 4.73. The van der Waals surface area contributed by atoms with Gasteiger partial charge in [-0.2, -0.15) is 0 Å². The number of hydrogen-bond donors (Lipinski definition) is 0. The first-order valence-electron chi connectivity index (χ1n) is 17.9. The fourth-order valence-corrected chi connectivity index (χ4v) is 7.98. The van der Waals surface area contributed by atoms with E-state index >= 15 is 0 Å². The number of rotatable bonds is 5. The van der Waals surface area contributed by atoms with Crippen LogP contribution < -0.4 is 0 Å².